The maximum absolute atomic E-state index is 11.8. The zero-order chi connectivity index (χ0) is 15.2. The van der Waals surface area contributed by atoms with E-state index in [1.165, 1.54) is 18.2 Å². The molecule has 20 heavy (non-hydrogen) atoms. The number of hydrogen-bond donors (Lipinski definition) is 0. The Morgan fingerprint density at radius 3 is 1.60 bits per heavy atom. The Balaban J connectivity index is 3.08. The lowest BCUT2D eigenvalue weighted by molar-refractivity contribution is 0.316. The minimum absolute atomic E-state index is 0.0473. The van der Waals surface area contributed by atoms with Crippen LogP contribution in [0.5, 0.6) is 0 Å². The smallest absolute Gasteiger partial charge is 0.266 e. The van der Waals surface area contributed by atoms with Crippen LogP contribution in [0.25, 0.3) is 0 Å². The summed E-state index contributed by atoms with van der Waals surface area (Å²) in [6.45, 7) is 3.64. The summed E-state index contributed by atoms with van der Waals surface area (Å²) in [7, 11) is -7.89. The van der Waals surface area contributed by atoms with Gasteiger partial charge in [-0.3, -0.25) is 8.37 Å². The van der Waals surface area contributed by atoms with Gasteiger partial charge in [0, 0.05) is 0 Å². The molecule has 6 nitrogen and oxygen atoms in total. The zero-order valence-electron chi connectivity index (χ0n) is 11.4. The van der Waals surface area contributed by atoms with E-state index in [0.717, 1.165) is 6.07 Å². The molecule has 0 radical (unpaired) electrons. The van der Waals surface area contributed by atoms with Gasteiger partial charge in [0.25, 0.3) is 20.2 Å². The molecule has 0 N–H and O–H groups in total. The fourth-order valence-corrected chi connectivity index (χ4v) is 3.46. The molecular weight excluding hydrogens is 304 g/mol. The molecular formula is C12H18O6S2. The minimum atomic E-state index is -3.95. The fourth-order valence-electron chi connectivity index (χ4n) is 1.31. The average Bonchev–Trinajstić information content (AvgIpc) is 2.43. The molecule has 0 heterocycles. The predicted molar refractivity (Wildman–Crippen MR) is 73.3 cm³/mol. The molecule has 0 aliphatic heterocycles. The lowest BCUT2D eigenvalue weighted by Gasteiger charge is -2.07. The first-order valence-corrected chi connectivity index (χ1v) is 9.04. The monoisotopic (exact) mass is 322 g/mol. The molecule has 1 rings (SSSR count). The van der Waals surface area contributed by atoms with E-state index in [4.69, 9.17) is 8.37 Å². The van der Waals surface area contributed by atoms with Crippen LogP contribution in [0.15, 0.2) is 34.1 Å². The highest BCUT2D eigenvalue weighted by Gasteiger charge is 2.20. The Morgan fingerprint density at radius 1 is 0.850 bits per heavy atom. The second kappa shape index (κ2) is 7.16. The van der Waals surface area contributed by atoms with Crippen LogP contribution in [-0.2, 0) is 28.6 Å². The van der Waals surface area contributed by atoms with Crippen molar-refractivity contribution >= 4 is 20.2 Å². The van der Waals surface area contributed by atoms with Gasteiger partial charge in [-0.1, -0.05) is 19.9 Å². The first-order valence-electron chi connectivity index (χ1n) is 6.22. The SMILES string of the molecule is CCCOS(=O)(=O)c1cccc(S(=O)(=O)OCCC)c1. The van der Waals surface area contributed by atoms with Gasteiger partial charge in [-0.2, -0.15) is 16.8 Å². The molecule has 1 aromatic carbocycles. The number of hydrogen-bond acceptors (Lipinski definition) is 6. The second-order valence-electron chi connectivity index (χ2n) is 4.03. The number of rotatable bonds is 8. The molecule has 0 aliphatic rings. The standard InChI is InChI=1S/C12H18O6S2/c1-3-8-17-19(13,14)11-6-5-7-12(10-11)20(15,16)18-9-4-2/h5-7,10H,3-4,8-9H2,1-2H3. The van der Waals surface area contributed by atoms with Crippen LogP contribution in [-0.4, -0.2) is 30.0 Å². The van der Waals surface area contributed by atoms with Gasteiger partial charge in [0.2, 0.25) is 0 Å². The van der Waals surface area contributed by atoms with Crippen LogP contribution >= 0.6 is 0 Å². The maximum Gasteiger partial charge on any atom is 0.297 e. The van der Waals surface area contributed by atoms with Crippen LogP contribution in [0.3, 0.4) is 0 Å². The van der Waals surface area contributed by atoms with Gasteiger partial charge in [-0.25, -0.2) is 0 Å². The van der Waals surface area contributed by atoms with Crippen molar-refractivity contribution in [2.45, 2.75) is 36.5 Å². The third-order valence-electron chi connectivity index (χ3n) is 2.27. The molecule has 0 amide bonds. The summed E-state index contributed by atoms with van der Waals surface area (Å²) in [6.07, 6.45) is 1.08. The lowest BCUT2D eigenvalue weighted by Crippen LogP contribution is -2.10. The highest BCUT2D eigenvalue weighted by molar-refractivity contribution is 7.87. The van der Waals surface area contributed by atoms with Gasteiger partial charge in [0.05, 0.1) is 23.0 Å². The molecule has 0 spiro atoms. The molecule has 0 aliphatic carbocycles. The highest BCUT2D eigenvalue weighted by Crippen LogP contribution is 2.19. The van der Waals surface area contributed by atoms with E-state index in [1.54, 1.807) is 13.8 Å². The topological polar surface area (TPSA) is 86.7 Å². The van der Waals surface area contributed by atoms with Crippen molar-refractivity contribution < 1.29 is 25.2 Å². The molecule has 0 fully saturated rings. The Kier molecular flexibility index (Phi) is 6.12. The Bertz CT molecular complexity index is 580. The van der Waals surface area contributed by atoms with Crippen molar-refractivity contribution in [1.82, 2.24) is 0 Å². The molecule has 0 saturated heterocycles. The molecule has 0 atom stereocenters. The quantitative estimate of drug-likeness (QED) is 0.680. The van der Waals surface area contributed by atoms with Crippen molar-refractivity contribution in [3.8, 4) is 0 Å². The second-order valence-corrected chi connectivity index (χ2v) is 7.26. The summed E-state index contributed by atoms with van der Waals surface area (Å²) in [5.41, 5.74) is 0. The van der Waals surface area contributed by atoms with Gasteiger partial charge in [-0.05, 0) is 31.0 Å². The predicted octanol–water partition coefficient (Wildman–Crippen LogP) is 1.92. The van der Waals surface area contributed by atoms with Gasteiger partial charge >= 0.3 is 0 Å². The largest absolute Gasteiger partial charge is 0.297 e. The first-order chi connectivity index (χ1) is 9.33. The molecule has 0 bridgehead atoms. The van der Waals surface area contributed by atoms with Crippen molar-refractivity contribution in [1.29, 1.82) is 0 Å². The van der Waals surface area contributed by atoms with Crippen LogP contribution in [0.2, 0.25) is 0 Å². The molecule has 0 unspecified atom stereocenters. The van der Waals surface area contributed by atoms with Gasteiger partial charge in [0.15, 0.2) is 0 Å². The zero-order valence-corrected chi connectivity index (χ0v) is 13.0. The van der Waals surface area contributed by atoms with Crippen molar-refractivity contribution in [2.24, 2.45) is 0 Å². The van der Waals surface area contributed by atoms with Crippen LogP contribution in [0, 0.1) is 0 Å². The van der Waals surface area contributed by atoms with Gasteiger partial charge < -0.3 is 0 Å². The van der Waals surface area contributed by atoms with Crippen LogP contribution in [0.1, 0.15) is 26.7 Å². The summed E-state index contributed by atoms with van der Waals surface area (Å²) >= 11 is 0. The van der Waals surface area contributed by atoms with E-state index in [0.29, 0.717) is 12.8 Å². The summed E-state index contributed by atoms with van der Waals surface area (Å²) in [6, 6.07) is 4.94. The van der Waals surface area contributed by atoms with Crippen LogP contribution in [0.4, 0.5) is 0 Å². The summed E-state index contributed by atoms with van der Waals surface area (Å²) in [5, 5.41) is 0. The van der Waals surface area contributed by atoms with E-state index in [1.807, 2.05) is 0 Å². The Morgan fingerprint density at radius 2 is 1.25 bits per heavy atom. The number of benzene rings is 1. The van der Waals surface area contributed by atoms with E-state index < -0.39 is 20.2 Å². The van der Waals surface area contributed by atoms with Crippen molar-refractivity contribution in [2.75, 3.05) is 13.2 Å². The van der Waals surface area contributed by atoms with E-state index in [-0.39, 0.29) is 23.0 Å². The third kappa shape index (κ3) is 4.55. The van der Waals surface area contributed by atoms with Crippen molar-refractivity contribution in [3.05, 3.63) is 24.3 Å². The summed E-state index contributed by atoms with van der Waals surface area (Å²) < 4.78 is 56.8. The molecule has 0 aromatic heterocycles. The van der Waals surface area contributed by atoms with Crippen molar-refractivity contribution in [3.63, 3.8) is 0 Å². The fraction of sp³-hybridized carbons (Fsp3) is 0.500. The molecule has 1 aromatic rings. The highest BCUT2D eigenvalue weighted by atomic mass is 32.2. The summed E-state index contributed by atoms with van der Waals surface area (Å²) in [4.78, 5) is -0.403. The summed E-state index contributed by atoms with van der Waals surface area (Å²) in [5.74, 6) is 0. The molecule has 0 saturated carbocycles. The molecule has 8 heteroatoms. The Hall–Kier alpha value is -0.960. The van der Waals surface area contributed by atoms with Crippen LogP contribution < -0.4 is 0 Å². The van der Waals surface area contributed by atoms with Gasteiger partial charge in [-0.15, -0.1) is 0 Å². The van der Waals surface area contributed by atoms with Gasteiger partial charge in [0.1, 0.15) is 0 Å². The molecule has 114 valence electrons. The Labute approximate surface area is 120 Å². The first kappa shape index (κ1) is 17.1. The van der Waals surface area contributed by atoms with E-state index >= 15 is 0 Å². The lowest BCUT2D eigenvalue weighted by atomic mass is 10.4. The third-order valence-corrected chi connectivity index (χ3v) is 4.88. The average molecular weight is 322 g/mol. The minimum Gasteiger partial charge on any atom is -0.266 e. The van der Waals surface area contributed by atoms with E-state index in [9.17, 15) is 16.8 Å². The normalized spacial score (nSPS) is 12.5. The maximum atomic E-state index is 11.8. The van der Waals surface area contributed by atoms with E-state index in [2.05, 4.69) is 0 Å².